The third-order valence-corrected chi connectivity index (χ3v) is 3.60. The molecule has 1 amide bonds. The molecule has 1 aromatic carbocycles. The molecule has 0 saturated heterocycles. The largest absolute Gasteiger partial charge is 0.489 e. The molecular formula is C16H15ClN4O3. The summed E-state index contributed by atoms with van der Waals surface area (Å²) in [6.45, 7) is 1.88. The Kier molecular flexibility index (Phi) is 4.52. The lowest BCUT2D eigenvalue weighted by atomic mass is 10.2. The standard InChI is InChI=1S/C16H15ClN4O3/c1-10-13(9-23-12-5-3-11(17)4-6-12)15(20-24-10)16(22)18-14-7-8-21(2)19-14/h3-8H,9H2,1-2H3,(H,18,19,22). The number of carbonyl (C=O) groups is 1. The predicted molar refractivity (Wildman–Crippen MR) is 88.2 cm³/mol. The number of aryl methyl sites for hydroxylation is 2. The summed E-state index contributed by atoms with van der Waals surface area (Å²) in [5, 5.41) is 11.2. The number of nitrogens with one attached hydrogen (secondary N) is 1. The minimum atomic E-state index is -0.403. The van der Waals surface area contributed by atoms with Gasteiger partial charge in [0, 0.05) is 24.3 Å². The second kappa shape index (κ2) is 6.76. The summed E-state index contributed by atoms with van der Waals surface area (Å²) in [6, 6.07) is 8.64. The topological polar surface area (TPSA) is 82.2 Å². The minimum Gasteiger partial charge on any atom is -0.489 e. The number of benzene rings is 1. The molecule has 0 fully saturated rings. The molecule has 0 radical (unpaired) electrons. The van der Waals surface area contributed by atoms with Gasteiger partial charge in [0.05, 0.1) is 5.56 Å². The molecule has 7 nitrogen and oxygen atoms in total. The molecule has 0 spiro atoms. The number of rotatable bonds is 5. The Morgan fingerprint density at radius 2 is 2.08 bits per heavy atom. The van der Waals surface area contributed by atoms with Gasteiger partial charge < -0.3 is 14.6 Å². The molecule has 0 unspecified atom stereocenters. The quantitative estimate of drug-likeness (QED) is 0.767. The SMILES string of the molecule is Cc1onc(C(=O)Nc2ccn(C)n2)c1COc1ccc(Cl)cc1. The molecule has 2 aromatic heterocycles. The molecule has 0 aliphatic rings. The van der Waals surface area contributed by atoms with Crippen LogP contribution in [0.2, 0.25) is 5.02 Å². The lowest BCUT2D eigenvalue weighted by molar-refractivity contribution is 0.101. The molecule has 1 N–H and O–H groups in total. The molecule has 0 aliphatic carbocycles. The van der Waals surface area contributed by atoms with E-state index in [1.54, 1.807) is 55.2 Å². The zero-order valence-electron chi connectivity index (χ0n) is 13.1. The van der Waals surface area contributed by atoms with Gasteiger partial charge in [-0.05, 0) is 31.2 Å². The number of carbonyl (C=O) groups excluding carboxylic acids is 1. The number of hydrogen-bond acceptors (Lipinski definition) is 5. The number of nitrogens with zero attached hydrogens (tertiary/aromatic N) is 3. The van der Waals surface area contributed by atoms with Crippen LogP contribution in [0, 0.1) is 6.92 Å². The minimum absolute atomic E-state index is 0.155. The second-order valence-corrected chi connectivity index (χ2v) is 5.57. The maximum Gasteiger partial charge on any atom is 0.279 e. The second-order valence-electron chi connectivity index (χ2n) is 5.14. The number of anilines is 1. The van der Waals surface area contributed by atoms with E-state index in [1.807, 2.05) is 0 Å². The van der Waals surface area contributed by atoms with Crippen LogP contribution in [0.1, 0.15) is 21.8 Å². The third kappa shape index (κ3) is 3.57. The van der Waals surface area contributed by atoms with Gasteiger partial charge in [-0.3, -0.25) is 9.48 Å². The molecule has 8 heteroatoms. The van der Waals surface area contributed by atoms with Crippen LogP contribution >= 0.6 is 11.6 Å². The molecule has 24 heavy (non-hydrogen) atoms. The lowest BCUT2D eigenvalue weighted by Crippen LogP contribution is -2.16. The normalized spacial score (nSPS) is 10.6. The Morgan fingerprint density at radius 1 is 1.33 bits per heavy atom. The van der Waals surface area contributed by atoms with Crippen LogP contribution in [-0.4, -0.2) is 20.8 Å². The van der Waals surface area contributed by atoms with E-state index in [1.165, 1.54) is 0 Å². The van der Waals surface area contributed by atoms with Gasteiger partial charge >= 0.3 is 0 Å². The molecule has 0 atom stereocenters. The summed E-state index contributed by atoms with van der Waals surface area (Å²) in [5.41, 5.74) is 0.755. The summed E-state index contributed by atoms with van der Waals surface area (Å²) >= 11 is 5.84. The highest BCUT2D eigenvalue weighted by atomic mass is 35.5. The fourth-order valence-corrected chi connectivity index (χ4v) is 2.21. The number of hydrogen-bond donors (Lipinski definition) is 1. The highest BCUT2D eigenvalue weighted by Crippen LogP contribution is 2.20. The maximum atomic E-state index is 12.4. The van der Waals surface area contributed by atoms with Gasteiger partial charge in [-0.2, -0.15) is 5.10 Å². The molecule has 0 saturated carbocycles. The van der Waals surface area contributed by atoms with Crippen LogP contribution in [0.4, 0.5) is 5.82 Å². The molecule has 124 valence electrons. The first-order valence-electron chi connectivity index (χ1n) is 7.17. The Balaban J connectivity index is 1.73. The van der Waals surface area contributed by atoms with Gasteiger partial charge in [0.1, 0.15) is 18.1 Å². The monoisotopic (exact) mass is 346 g/mol. The van der Waals surface area contributed by atoms with Crippen molar-refractivity contribution in [2.24, 2.45) is 7.05 Å². The predicted octanol–water partition coefficient (Wildman–Crippen LogP) is 3.20. The smallest absolute Gasteiger partial charge is 0.279 e. The van der Waals surface area contributed by atoms with Crippen LogP contribution in [-0.2, 0) is 13.7 Å². The summed E-state index contributed by atoms with van der Waals surface area (Å²) in [7, 11) is 1.77. The van der Waals surface area contributed by atoms with Gasteiger partial charge in [0.2, 0.25) is 0 Å². The van der Waals surface area contributed by atoms with Gasteiger partial charge in [-0.15, -0.1) is 0 Å². The van der Waals surface area contributed by atoms with Crippen molar-refractivity contribution in [1.82, 2.24) is 14.9 Å². The van der Waals surface area contributed by atoms with E-state index < -0.39 is 5.91 Å². The first-order chi connectivity index (χ1) is 11.5. The van der Waals surface area contributed by atoms with Crippen LogP contribution in [0.25, 0.3) is 0 Å². The van der Waals surface area contributed by atoms with Crippen LogP contribution in [0.5, 0.6) is 5.75 Å². The summed E-state index contributed by atoms with van der Waals surface area (Å²) in [6.07, 6.45) is 1.73. The Labute approximate surface area is 143 Å². The molecule has 3 aromatic rings. The Morgan fingerprint density at radius 3 is 2.75 bits per heavy atom. The molecule has 3 rings (SSSR count). The van der Waals surface area contributed by atoms with Gasteiger partial charge in [-0.25, -0.2) is 0 Å². The number of aromatic nitrogens is 3. The number of halogens is 1. The zero-order chi connectivity index (χ0) is 17.1. The van der Waals surface area contributed by atoms with Gasteiger partial charge in [0.15, 0.2) is 11.5 Å². The van der Waals surface area contributed by atoms with Gasteiger partial charge in [-0.1, -0.05) is 16.8 Å². The molecular weight excluding hydrogens is 332 g/mol. The van der Waals surface area contributed by atoms with Crippen LogP contribution in [0.15, 0.2) is 41.1 Å². The van der Waals surface area contributed by atoms with E-state index >= 15 is 0 Å². The van der Waals surface area contributed by atoms with Crippen molar-refractivity contribution in [3.05, 3.63) is 58.6 Å². The highest BCUT2D eigenvalue weighted by molar-refractivity contribution is 6.30. The first kappa shape index (κ1) is 16.1. The number of amides is 1. The average Bonchev–Trinajstić information content (AvgIpc) is 3.12. The van der Waals surface area contributed by atoms with Crippen LogP contribution in [0.3, 0.4) is 0 Å². The summed E-state index contributed by atoms with van der Waals surface area (Å²) in [5.74, 6) is 1.19. The highest BCUT2D eigenvalue weighted by Gasteiger charge is 2.21. The summed E-state index contributed by atoms with van der Waals surface area (Å²) < 4.78 is 12.4. The van der Waals surface area contributed by atoms with Crippen LogP contribution < -0.4 is 10.1 Å². The number of ether oxygens (including phenoxy) is 1. The Bertz CT molecular complexity index is 855. The fourth-order valence-electron chi connectivity index (χ4n) is 2.08. The van der Waals surface area contributed by atoms with E-state index in [0.717, 1.165) is 0 Å². The third-order valence-electron chi connectivity index (χ3n) is 3.35. The Hall–Kier alpha value is -2.80. The van der Waals surface area contributed by atoms with Gasteiger partial charge in [0.25, 0.3) is 5.91 Å². The van der Waals surface area contributed by atoms with E-state index in [0.29, 0.717) is 27.9 Å². The molecule has 0 bridgehead atoms. The maximum absolute atomic E-state index is 12.4. The average molecular weight is 347 g/mol. The van der Waals surface area contributed by atoms with Crippen molar-refractivity contribution >= 4 is 23.3 Å². The van der Waals surface area contributed by atoms with E-state index in [4.69, 9.17) is 20.9 Å². The van der Waals surface area contributed by atoms with Crippen molar-refractivity contribution in [2.45, 2.75) is 13.5 Å². The van der Waals surface area contributed by atoms with Crippen molar-refractivity contribution in [1.29, 1.82) is 0 Å². The van der Waals surface area contributed by atoms with E-state index in [9.17, 15) is 4.79 Å². The lowest BCUT2D eigenvalue weighted by Gasteiger charge is -2.06. The zero-order valence-corrected chi connectivity index (χ0v) is 13.9. The molecule has 0 aliphatic heterocycles. The summed E-state index contributed by atoms with van der Waals surface area (Å²) in [4.78, 5) is 12.4. The van der Waals surface area contributed by atoms with E-state index in [-0.39, 0.29) is 12.3 Å². The van der Waals surface area contributed by atoms with E-state index in [2.05, 4.69) is 15.6 Å². The van der Waals surface area contributed by atoms with Crippen molar-refractivity contribution in [2.75, 3.05) is 5.32 Å². The molecule has 2 heterocycles. The van der Waals surface area contributed by atoms with Crippen molar-refractivity contribution < 1.29 is 14.1 Å². The first-order valence-corrected chi connectivity index (χ1v) is 7.55. The van der Waals surface area contributed by atoms with Crippen molar-refractivity contribution in [3.8, 4) is 5.75 Å². The fraction of sp³-hybridized carbons (Fsp3) is 0.188. The van der Waals surface area contributed by atoms with Crippen molar-refractivity contribution in [3.63, 3.8) is 0 Å².